The summed E-state index contributed by atoms with van der Waals surface area (Å²) in [5.41, 5.74) is 3.43. The van der Waals surface area contributed by atoms with Crippen LogP contribution in [-0.2, 0) is 29.2 Å². The molecule has 1 aliphatic rings. The number of nitrogens with zero attached hydrogens (tertiary/aromatic N) is 1. The Morgan fingerprint density at radius 2 is 1.19 bits per heavy atom. The standard InChI is InChI=1S/C27H30FNO2/c28-16-25-18-29(17-22-10-4-1-5-11-22)19-26(30-20-23-12-6-2-7-13-23)27(25)31-21-24-14-8-3-9-15-24/h1-15,25-27H,16-21H2. The van der Waals surface area contributed by atoms with Gasteiger partial charge in [0.05, 0.1) is 32.1 Å². The predicted molar refractivity (Wildman–Crippen MR) is 121 cm³/mol. The van der Waals surface area contributed by atoms with Crippen molar-refractivity contribution in [2.75, 3.05) is 19.8 Å². The van der Waals surface area contributed by atoms with Gasteiger partial charge in [0.25, 0.3) is 0 Å². The monoisotopic (exact) mass is 419 g/mol. The van der Waals surface area contributed by atoms with Gasteiger partial charge >= 0.3 is 0 Å². The Balaban J connectivity index is 1.47. The average molecular weight is 420 g/mol. The molecule has 1 saturated heterocycles. The molecule has 1 heterocycles. The maximum Gasteiger partial charge on any atom is 0.0972 e. The summed E-state index contributed by atoms with van der Waals surface area (Å²) in [4.78, 5) is 2.29. The largest absolute Gasteiger partial charge is 0.370 e. The van der Waals surface area contributed by atoms with E-state index in [2.05, 4.69) is 29.2 Å². The summed E-state index contributed by atoms with van der Waals surface area (Å²) in [6.45, 7) is 2.71. The average Bonchev–Trinajstić information content (AvgIpc) is 2.83. The second kappa shape index (κ2) is 11.2. The molecule has 3 aromatic carbocycles. The van der Waals surface area contributed by atoms with Gasteiger partial charge in [-0.3, -0.25) is 9.29 Å². The van der Waals surface area contributed by atoms with E-state index in [0.717, 1.165) is 24.2 Å². The molecule has 4 rings (SSSR count). The zero-order valence-corrected chi connectivity index (χ0v) is 17.8. The Hall–Kier alpha value is -2.53. The molecule has 31 heavy (non-hydrogen) atoms. The van der Waals surface area contributed by atoms with E-state index in [9.17, 15) is 4.39 Å². The number of ether oxygens (including phenoxy) is 2. The van der Waals surface area contributed by atoms with Gasteiger partial charge < -0.3 is 9.47 Å². The number of hydrogen-bond acceptors (Lipinski definition) is 3. The topological polar surface area (TPSA) is 21.7 Å². The lowest BCUT2D eigenvalue weighted by Gasteiger charge is -2.42. The Kier molecular flexibility index (Phi) is 7.83. The van der Waals surface area contributed by atoms with Crippen molar-refractivity contribution in [2.45, 2.75) is 32.0 Å². The maximum atomic E-state index is 14.1. The zero-order chi connectivity index (χ0) is 21.3. The lowest BCUT2D eigenvalue weighted by Crippen LogP contribution is -2.54. The first-order chi connectivity index (χ1) is 15.3. The van der Waals surface area contributed by atoms with Crippen molar-refractivity contribution in [1.29, 1.82) is 0 Å². The Morgan fingerprint density at radius 3 is 1.74 bits per heavy atom. The summed E-state index contributed by atoms with van der Waals surface area (Å²) in [6.07, 6.45) is -0.469. The highest BCUT2D eigenvalue weighted by Gasteiger charge is 2.38. The maximum absolute atomic E-state index is 14.1. The molecule has 1 fully saturated rings. The Bertz CT molecular complexity index is 891. The smallest absolute Gasteiger partial charge is 0.0972 e. The minimum atomic E-state index is -0.421. The number of alkyl halides is 1. The van der Waals surface area contributed by atoms with Gasteiger partial charge in [0.1, 0.15) is 0 Å². The molecule has 0 amide bonds. The van der Waals surface area contributed by atoms with Gasteiger partial charge in [-0.25, -0.2) is 0 Å². The van der Waals surface area contributed by atoms with Crippen LogP contribution in [0.15, 0.2) is 91.0 Å². The van der Waals surface area contributed by atoms with Gasteiger partial charge in [0.15, 0.2) is 0 Å². The molecule has 0 aromatic heterocycles. The predicted octanol–water partition coefficient (Wildman–Crippen LogP) is 5.26. The molecule has 3 aromatic rings. The molecular weight excluding hydrogens is 389 g/mol. The Morgan fingerprint density at radius 1 is 0.677 bits per heavy atom. The summed E-state index contributed by atoms with van der Waals surface area (Å²) in [7, 11) is 0. The van der Waals surface area contributed by atoms with E-state index >= 15 is 0 Å². The molecule has 3 unspecified atom stereocenters. The summed E-state index contributed by atoms with van der Waals surface area (Å²) >= 11 is 0. The van der Waals surface area contributed by atoms with Crippen LogP contribution in [-0.4, -0.2) is 36.9 Å². The van der Waals surface area contributed by atoms with Crippen molar-refractivity contribution in [1.82, 2.24) is 4.90 Å². The van der Waals surface area contributed by atoms with Crippen molar-refractivity contribution in [3.05, 3.63) is 108 Å². The molecule has 0 spiro atoms. The number of likely N-dealkylation sites (tertiary alicyclic amines) is 1. The molecule has 0 radical (unpaired) electrons. The van der Waals surface area contributed by atoms with E-state index in [-0.39, 0.29) is 18.1 Å². The highest BCUT2D eigenvalue weighted by molar-refractivity contribution is 5.16. The fourth-order valence-corrected chi connectivity index (χ4v) is 4.21. The van der Waals surface area contributed by atoms with E-state index in [4.69, 9.17) is 9.47 Å². The number of benzene rings is 3. The zero-order valence-electron chi connectivity index (χ0n) is 17.8. The quantitative estimate of drug-likeness (QED) is 0.472. The van der Waals surface area contributed by atoms with E-state index in [0.29, 0.717) is 19.8 Å². The van der Waals surface area contributed by atoms with Crippen molar-refractivity contribution in [3.63, 3.8) is 0 Å². The number of rotatable bonds is 9. The van der Waals surface area contributed by atoms with Crippen molar-refractivity contribution < 1.29 is 13.9 Å². The van der Waals surface area contributed by atoms with Gasteiger partial charge in [-0.1, -0.05) is 91.0 Å². The van der Waals surface area contributed by atoms with Crippen LogP contribution in [0, 0.1) is 5.92 Å². The van der Waals surface area contributed by atoms with Crippen LogP contribution in [0.25, 0.3) is 0 Å². The van der Waals surface area contributed by atoms with Gasteiger partial charge in [0.2, 0.25) is 0 Å². The van der Waals surface area contributed by atoms with Crippen LogP contribution in [0.1, 0.15) is 16.7 Å². The summed E-state index contributed by atoms with van der Waals surface area (Å²) < 4.78 is 26.8. The minimum Gasteiger partial charge on any atom is -0.370 e. The first-order valence-electron chi connectivity index (χ1n) is 10.9. The third-order valence-corrected chi connectivity index (χ3v) is 5.80. The summed E-state index contributed by atoms with van der Waals surface area (Å²) in [5.74, 6) is -0.220. The highest BCUT2D eigenvalue weighted by atomic mass is 19.1. The van der Waals surface area contributed by atoms with Crippen LogP contribution in [0.3, 0.4) is 0 Å². The highest BCUT2D eigenvalue weighted by Crippen LogP contribution is 2.27. The van der Waals surface area contributed by atoms with Crippen LogP contribution < -0.4 is 0 Å². The fraction of sp³-hybridized carbons (Fsp3) is 0.333. The van der Waals surface area contributed by atoms with E-state index in [1.807, 2.05) is 66.7 Å². The van der Waals surface area contributed by atoms with Crippen molar-refractivity contribution >= 4 is 0 Å². The van der Waals surface area contributed by atoms with E-state index < -0.39 is 6.67 Å². The minimum absolute atomic E-state index is 0.192. The van der Waals surface area contributed by atoms with Crippen molar-refractivity contribution in [2.24, 2.45) is 5.92 Å². The lowest BCUT2D eigenvalue weighted by atomic mass is 9.92. The fourth-order valence-electron chi connectivity index (χ4n) is 4.21. The Labute approximate surface area is 184 Å². The number of halogens is 1. The second-order valence-corrected chi connectivity index (χ2v) is 8.19. The third kappa shape index (κ3) is 6.23. The van der Waals surface area contributed by atoms with Crippen LogP contribution >= 0.6 is 0 Å². The van der Waals surface area contributed by atoms with Crippen molar-refractivity contribution in [3.8, 4) is 0 Å². The first-order valence-corrected chi connectivity index (χ1v) is 10.9. The lowest BCUT2D eigenvalue weighted by molar-refractivity contribution is -0.148. The van der Waals surface area contributed by atoms with Gasteiger partial charge in [-0.2, -0.15) is 0 Å². The third-order valence-electron chi connectivity index (χ3n) is 5.80. The molecule has 0 aliphatic carbocycles. The van der Waals surface area contributed by atoms with Gasteiger partial charge in [-0.05, 0) is 16.7 Å². The molecule has 0 saturated carbocycles. The number of hydrogen-bond donors (Lipinski definition) is 0. The second-order valence-electron chi connectivity index (χ2n) is 8.19. The van der Waals surface area contributed by atoms with Crippen LogP contribution in [0.5, 0.6) is 0 Å². The molecule has 1 aliphatic heterocycles. The number of piperidine rings is 1. The molecule has 162 valence electrons. The van der Waals surface area contributed by atoms with E-state index in [1.54, 1.807) is 0 Å². The van der Waals surface area contributed by atoms with Gasteiger partial charge in [-0.15, -0.1) is 0 Å². The normalized spacial score (nSPS) is 21.8. The molecule has 4 heteroatoms. The summed E-state index contributed by atoms with van der Waals surface area (Å²) in [6, 6.07) is 30.5. The molecule has 0 N–H and O–H groups in total. The molecule has 0 bridgehead atoms. The molecule has 3 atom stereocenters. The van der Waals surface area contributed by atoms with Crippen LogP contribution in [0.2, 0.25) is 0 Å². The molecular formula is C27H30FNO2. The van der Waals surface area contributed by atoms with Gasteiger partial charge in [0, 0.05) is 25.6 Å². The SMILES string of the molecule is FCC1CN(Cc2ccccc2)CC(OCc2ccccc2)C1OCc1ccccc1. The van der Waals surface area contributed by atoms with Crippen LogP contribution in [0.4, 0.5) is 4.39 Å². The van der Waals surface area contributed by atoms with E-state index in [1.165, 1.54) is 5.56 Å². The summed E-state index contributed by atoms with van der Waals surface area (Å²) in [5, 5.41) is 0. The first kappa shape index (κ1) is 21.7. The molecule has 3 nitrogen and oxygen atoms in total.